The van der Waals surface area contributed by atoms with Crippen molar-refractivity contribution < 1.29 is 34.2 Å². The van der Waals surface area contributed by atoms with E-state index >= 15 is 0 Å². The summed E-state index contributed by atoms with van der Waals surface area (Å²) in [6.07, 6.45) is 1.57. The highest BCUT2D eigenvalue weighted by Gasteiger charge is 2.36. The number of carboxylic acids is 2. The molecule has 3 rings (SSSR count). The molecule has 0 aliphatic carbocycles. The minimum absolute atomic E-state index is 0.159. The second kappa shape index (κ2) is 8.84. The third-order valence-electron chi connectivity index (χ3n) is 4.42. The van der Waals surface area contributed by atoms with Crippen molar-refractivity contribution in [3.8, 4) is 0 Å². The Morgan fingerprint density at radius 2 is 1.77 bits per heavy atom. The van der Waals surface area contributed by atoms with E-state index in [9.17, 15) is 29.1 Å². The zero-order valence-electron chi connectivity index (χ0n) is 16.1. The van der Waals surface area contributed by atoms with Gasteiger partial charge in [0.2, 0.25) is 5.91 Å². The SMILES string of the molecule is Cc1ccccc1/C=C1\SC(=O)N(CC(=O)Nc2cc(C(=O)O)ccc2C(=O)O)C1=O. The molecule has 1 fully saturated rings. The van der Waals surface area contributed by atoms with Crippen molar-refractivity contribution in [3.05, 3.63) is 69.6 Å². The van der Waals surface area contributed by atoms with Gasteiger partial charge in [-0.05, 0) is 54.1 Å². The Morgan fingerprint density at radius 3 is 2.42 bits per heavy atom. The molecule has 3 amide bonds. The summed E-state index contributed by atoms with van der Waals surface area (Å²) >= 11 is 0.695. The fourth-order valence-electron chi connectivity index (χ4n) is 2.83. The van der Waals surface area contributed by atoms with Gasteiger partial charge in [-0.2, -0.15) is 0 Å². The Balaban J connectivity index is 1.78. The van der Waals surface area contributed by atoms with Crippen molar-refractivity contribution in [2.24, 2.45) is 0 Å². The number of hydrogen-bond donors (Lipinski definition) is 3. The summed E-state index contributed by atoms with van der Waals surface area (Å²) in [5, 5.41) is 20.0. The summed E-state index contributed by atoms with van der Waals surface area (Å²) in [5.41, 5.74) is 0.861. The Morgan fingerprint density at radius 1 is 1.06 bits per heavy atom. The predicted molar refractivity (Wildman–Crippen MR) is 113 cm³/mol. The van der Waals surface area contributed by atoms with Crippen LogP contribution < -0.4 is 5.32 Å². The topological polar surface area (TPSA) is 141 Å². The monoisotopic (exact) mass is 440 g/mol. The number of nitrogens with one attached hydrogen (secondary N) is 1. The van der Waals surface area contributed by atoms with Crippen LogP contribution in [0.25, 0.3) is 6.08 Å². The second-order valence-electron chi connectivity index (χ2n) is 6.54. The normalized spacial score (nSPS) is 14.7. The molecule has 0 unspecified atom stereocenters. The molecule has 0 radical (unpaired) electrons. The van der Waals surface area contributed by atoms with E-state index in [1.54, 1.807) is 18.2 Å². The van der Waals surface area contributed by atoms with Gasteiger partial charge < -0.3 is 15.5 Å². The van der Waals surface area contributed by atoms with Crippen LogP contribution in [0, 0.1) is 6.92 Å². The average Bonchev–Trinajstić information content (AvgIpc) is 2.96. The van der Waals surface area contributed by atoms with E-state index < -0.39 is 35.5 Å². The van der Waals surface area contributed by atoms with Crippen LogP contribution in [-0.2, 0) is 9.59 Å². The first-order chi connectivity index (χ1) is 14.7. The maximum atomic E-state index is 12.6. The van der Waals surface area contributed by atoms with Gasteiger partial charge in [0, 0.05) is 0 Å². The van der Waals surface area contributed by atoms with Crippen LogP contribution in [-0.4, -0.2) is 50.6 Å². The summed E-state index contributed by atoms with van der Waals surface area (Å²) in [7, 11) is 0. The molecule has 1 saturated heterocycles. The molecule has 158 valence electrons. The molecular formula is C21H16N2O7S. The van der Waals surface area contributed by atoms with E-state index in [1.165, 1.54) is 0 Å². The fraction of sp³-hybridized carbons (Fsp3) is 0.0952. The van der Waals surface area contributed by atoms with Gasteiger partial charge in [-0.15, -0.1) is 0 Å². The highest BCUT2D eigenvalue weighted by Crippen LogP contribution is 2.32. The van der Waals surface area contributed by atoms with E-state index in [-0.39, 0.29) is 21.7 Å². The summed E-state index contributed by atoms with van der Waals surface area (Å²) < 4.78 is 0. The number of aromatic carboxylic acids is 2. The molecule has 1 heterocycles. The lowest BCUT2D eigenvalue weighted by molar-refractivity contribution is -0.127. The standard InChI is InChI=1S/C21H16N2O7S/c1-11-4-2-3-5-12(11)9-16-18(25)23(21(30)31-16)10-17(24)22-15-8-13(19(26)27)6-7-14(15)20(28)29/h2-9H,10H2,1H3,(H,22,24)(H,26,27)(H,28,29)/b16-9-. The van der Waals surface area contributed by atoms with Crippen LogP contribution >= 0.6 is 11.8 Å². The first-order valence-electron chi connectivity index (χ1n) is 8.89. The largest absolute Gasteiger partial charge is 0.478 e. The molecule has 10 heteroatoms. The number of rotatable bonds is 6. The maximum Gasteiger partial charge on any atom is 0.337 e. The molecule has 0 aromatic heterocycles. The number of carboxylic acid groups (broad SMARTS) is 2. The van der Waals surface area contributed by atoms with Crippen molar-refractivity contribution in [3.63, 3.8) is 0 Å². The number of carbonyl (C=O) groups is 5. The number of thioether (sulfide) groups is 1. The average molecular weight is 440 g/mol. The predicted octanol–water partition coefficient (Wildman–Crippen LogP) is 3.07. The molecule has 1 aliphatic rings. The minimum Gasteiger partial charge on any atom is -0.478 e. The van der Waals surface area contributed by atoms with Gasteiger partial charge in [0.15, 0.2) is 0 Å². The van der Waals surface area contributed by atoms with Crippen LogP contribution in [0.5, 0.6) is 0 Å². The lowest BCUT2D eigenvalue weighted by Crippen LogP contribution is -2.36. The molecule has 0 bridgehead atoms. The minimum atomic E-state index is -1.38. The molecule has 0 atom stereocenters. The molecule has 2 aromatic rings. The Kier molecular flexibility index (Phi) is 6.21. The number of carbonyl (C=O) groups excluding carboxylic acids is 3. The van der Waals surface area contributed by atoms with E-state index in [2.05, 4.69) is 5.32 Å². The van der Waals surface area contributed by atoms with Gasteiger partial charge in [-0.1, -0.05) is 24.3 Å². The van der Waals surface area contributed by atoms with Crippen LogP contribution in [0.3, 0.4) is 0 Å². The second-order valence-corrected chi connectivity index (χ2v) is 7.54. The number of imide groups is 1. The summed E-state index contributed by atoms with van der Waals surface area (Å²) in [5.74, 6) is -4.17. The number of benzene rings is 2. The third-order valence-corrected chi connectivity index (χ3v) is 5.33. The molecule has 3 N–H and O–H groups in total. The lowest BCUT2D eigenvalue weighted by Gasteiger charge is -2.14. The van der Waals surface area contributed by atoms with Gasteiger partial charge in [-0.3, -0.25) is 19.3 Å². The number of anilines is 1. The van der Waals surface area contributed by atoms with Crippen molar-refractivity contribution >= 4 is 52.5 Å². The van der Waals surface area contributed by atoms with E-state index in [0.29, 0.717) is 11.8 Å². The highest BCUT2D eigenvalue weighted by molar-refractivity contribution is 8.18. The van der Waals surface area contributed by atoms with E-state index in [1.807, 2.05) is 19.1 Å². The lowest BCUT2D eigenvalue weighted by atomic mass is 10.1. The Labute approximate surface area is 180 Å². The van der Waals surface area contributed by atoms with Gasteiger partial charge >= 0.3 is 11.9 Å². The molecule has 1 aliphatic heterocycles. The molecular weight excluding hydrogens is 424 g/mol. The van der Waals surface area contributed by atoms with Crippen molar-refractivity contribution in [1.29, 1.82) is 0 Å². The third kappa shape index (κ3) is 4.81. The van der Waals surface area contributed by atoms with Crippen LogP contribution in [0.4, 0.5) is 10.5 Å². The molecule has 9 nitrogen and oxygen atoms in total. The smallest absolute Gasteiger partial charge is 0.337 e. The van der Waals surface area contributed by atoms with Gasteiger partial charge in [0.1, 0.15) is 6.54 Å². The Hall–Kier alpha value is -3.92. The van der Waals surface area contributed by atoms with E-state index in [4.69, 9.17) is 5.11 Å². The van der Waals surface area contributed by atoms with E-state index in [0.717, 1.165) is 34.2 Å². The zero-order chi connectivity index (χ0) is 22.7. The Bertz CT molecular complexity index is 1160. The summed E-state index contributed by atoms with van der Waals surface area (Å²) in [6.45, 7) is 1.21. The first kappa shape index (κ1) is 21.8. The van der Waals surface area contributed by atoms with Crippen LogP contribution in [0.2, 0.25) is 0 Å². The van der Waals surface area contributed by atoms with Crippen molar-refractivity contribution in [1.82, 2.24) is 4.90 Å². The fourth-order valence-corrected chi connectivity index (χ4v) is 3.66. The summed E-state index contributed by atoms with van der Waals surface area (Å²) in [6, 6.07) is 10.4. The summed E-state index contributed by atoms with van der Waals surface area (Å²) in [4.78, 5) is 60.6. The van der Waals surface area contributed by atoms with Crippen LogP contribution in [0.1, 0.15) is 31.8 Å². The van der Waals surface area contributed by atoms with Gasteiger partial charge in [0.25, 0.3) is 11.1 Å². The number of amides is 3. The van der Waals surface area contributed by atoms with Gasteiger partial charge in [-0.25, -0.2) is 9.59 Å². The molecule has 0 spiro atoms. The van der Waals surface area contributed by atoms with Crippen LogP contribution in [0.15, 0.2) is 47.4 Å². The van der Waals surface area contributed by atoms with Crippen molar-refractivity contribution in [2.75, 3.05) is 11.9 Å². The quantitative estimate of drug-likeness (QED) is 0.582. The van der Waals surface area contributed by atoms with Gasteiger partial charge in [0.05, 0.1) is 21.7 Å². The van der Waals surface area contributed by atoms with Crippen molar-refractivity contribution in [2.45, 2.75) is 6.92 Å². The molecule has 2 aromatic carbocycles. The molecule has 0 saturated carbocycles. The maximum absolute atomic E-state index is 12.6. The molecule has 31 heavy (non-hydrogen) atoms. The zero-order valence-corrected chi connectivity index (χ0v) is 16.9. The number of aryl methyl sites for hydroxylation is 1. The number of nitrogens with zero attached hydrogens (tertiary/aromatic N) is 1. The first-order valence-corrected chi connectivity index (χ1v) is 9.70. The highest BCUT2D eigenvalue weighted by atomic mass is 32.2. The number of hydrogen-bond acceptors (Lipinski definition) is 6.